The second-order valence-electron chi connectivity index (χ2n) is 5.24. The van der Waals surface area contributed by atoms with Gasteiger partial charge in [0.05, 0.1) is 13.2 Å². The monoisotopic (exact) mass is 352 g/mol. The average Bonchev–Trinajstić information content (AvgIpc) is 2.63. The number of benzene rings is 1. The predicted octanol–water partition coefficient (Wildman–Crippen LogP) is 3.41. The summed E-state index contributed by atoms with van der Waals surface area (Å²) in [7, 11) is 0. The first kappa shape index (κ1) is 20.7. The molecule has 0 aliphatic carbocycles. The Morgan fingerprint density at radius 1 is 0.808 bits per heavy atom. The van der Waals surface area contributed by atoms with Crippen LogP contribution in [0.1, 0.15) is 38.8 Å². The van der Waals surface area contributed by atoms with Gasteiger partial charge in [-0.15, -0.1) is 0 Å². The lowest BCUT2D eigenvalue weighted by Crippen LogP contribution is -2.08. The second-order valence-corrected chi connectivity index (χ2v) is 5.24. The molecule has 134 valence electrons. The van der Waals surface area contributed by atoms with E-state index in [2.05, 4.69) is 0 Å². The molecule has 6 nitrogen and oxygen atoms in total. The summed E-state index contributed by atoms with van der Waals surface area (Å²) in [6.45, 7) is 7.03. The quantitative estimate of drug-likeness (QED) is 0.442. The smallest absolute Gasteiger partial charge is 0.349 e. The van der Waals surface area contributed by atoms with Gasteiger partial charge >= 0.3 is 11.9 Å². The summed E-state index contributed by atoms with van der Waals surface area (Å²) in [5.74, 6) is -1.33. The highest BCUT2D eigenvalue weighted by Crippen LogP contribution is 2.24. The zero-order valence-electron chi connectivity index (χ0n) is 15.3. The Kier molecular flexibility index (Phi) is 7.79. The van der Waals surface area contributed by atoms with Crippen LogP contribution in [0.15, 0.2) is 35.4 Å². The van der Waals surface area contributed by atoms with E-state index in [0.29, 0.717) is 22.3 Å². The van der Waals surface area contributed by atoms with Crippen molar-refractivity contribution in [2.45, 2.75) is 27.7 Å². The molecule has 1 rings (SSSR count). The number of ether oxygens (including phenoxy) is 2. The van der Waals surface area contributed by atoms with Crippen LogP contribution in [0.5, 0.6) is 0 Å². The third kappa shape index (κ3) is 4.81. The molecule has 0 bridgehead atoms. The van der Waals surface area contributed by atoms with E-state index in [1.807, 2.05) is 12.1 Å². The SMILES string of the molecule is CCOC(=O)/C(C#N)=C(\C)c1ccc(/C(C)=C(\C#N)C(=O)OCC)cc1. The standard InChI is InChI=1S/C20H20N2O4/c1-5-25-19(23)17(11-21)13(3)15-7-9-16(10-8-15)14(4)18(12-22)20(24)26-6-2/h7-10H,5-6H2,1-4H3/b17-13+,18-14+. The fourth-order valence-electron chi connectivity index (χ4n) is 2.23. The molecule has 0 aromatic heterocycles. The number of esters is 2. The Bertz CT molecular complexity index is 763. The van der Waals surface area contributed by atoms with Gasteiger partial charge in [0.2, 0.25) is 0 Å². The van der Waals surface area contributed by atoms with Crippen molar-refractivity contribution in [3.63, 3.8) is 0 Å². The Labute approximate surface area is 152 Å². The molecular formula is C20H20N2O4. The molecule has 1 aromatic rings. The zero-order chi connectivity index (χ0) is 19.7. The molecule has 0 saturated carbocycles. The number of carbonyl (C=O) groups excluding carboxylic acids is 2. The molecule has 0 spiro atoms. The first-order valence-electron chi connectivity index (χ1n) is 8.08. The summed E-state index contributed by atoms with van der Waals surface area (Å²) < 4.78 is 9.76. The summed E-state index contributed by atoms with van der Waals surface area (Å²) in [6.07, 6.45) is 0. The number of carbonyl (C=O) groups is 2. The van der Waals surface area contributed by atoms with Crippen LogP contribution in [0.2, 0.25) is 0 Å². The first-order valence-corrected chi connectivity index (χ1v) is 8.08. The summed E-state index contributed by atoms with van der Waals surface area (Å²) in [5.41, 5.74) is 2.20. The Morgan fingerprint density at radius 2 is 1.12 bits per heavy atom. The molecule has 26 heavy (non-hydrogen) atoms. The minimum Gasteiger partial charge on any atom is -0.462 e. The van der Waals surface area contributed by atoms with Crippen LogP contribution >= 0.6 is 0 Å². The van der Waals surface area contributed by atoms with E-state index < -0.39 is 11.9 Å². The first-order chi connectivity index (χ1) is 12.4. The molecule has 0 fully saturated rings. The number of nitrogens with zero attached hydrogens (tertiary/aromatic N) is 2. The van der Waals surface area contributed by atoms with Crippen LogP contribution in [-0.2, 0) is 19.1 Å². The lowest BCUT2D eigenvalue weighted by Gasteiger charge is -2.09. The minimum atomic E-state index is -0.665. The molecule has 0 N–H and O–H groups in total. The van der Waals surface area contributed by atoms with Crippen molar-refractivity contribution >= 4 is 23.1 Å². The van der Waals surface area contributed by atoms with Gasteiger partial charge < -0.3 is 9.47 Å². The van der Waals surface area contributed by atoms with Gasteiger partial charge in [-0.1, -0.05) is 24.3 Å². The maximum absolute atomic E-state index is 11.8. The van der Waals surface area contributed by atoms with Crippen molar-refractivity contribution in [1.82, 2.24) is 0 Å². The molecule has 1 aromatic carbocycles. The molecule has 6 heteroatoms. The number of hydrogen-bond donors (Lipinski definition) is 0. The third-order valence-electron chi connectivity index (χ3n) is 3.68. The maximum Gasteiger partial charge on any atom is 0.349 e. The lowest BCUT2D eigenvalue weighted by molar-refractivity contribution is -0.138. The van der Waals surface area contributed by atoms with Crippen molar-refractivity contribution in [2.75, 3.05) is 13.2 Å². The Morgan fingerprint density at radius 3 is 1.35 bits per heavy atom. The van der Waals surface area contributed by atoms with Gasteiger partial charge in [-0.3, -0.25) is 0 Å². The van der Waals surface area contributed by atoms with E-state index in [1.54, 1.807) is 52.0 Å². The van der Waals surface area contributed by atoms with Crippen molar-refractivity contribution in [3.8, 4) is 12.1 Å². The normalized spacial score (nSPS) is 12.1. The zero-order valence-corrected chi connectivity index (χ0v) is 15.3. The van der Waals surface area contributed by atoms with Gasteiger partial charge in [0.1, 0.15) is 23.3 Å². The van der Waals surface area contributed by atoms with E-state index in [4.69, 9.17) is 9.47 Å². The summed E-state index contributed by atoms with van der Waals surface area (Å²) in [6, 6.07) is 10.6. The molecule has 0 aliphatic heterocycles. The third-order valence-corrected chi connectivity index (χ3v) is 3.68. The number of rotatable bonds is 6. The van der Waals surface area contributed by atoms with Crippen LogP contribution in [0.4, 0.5) is 0 Å². The fourth-order valence-corrected chi connectivity index (χ4v) is 2.23. The van der Waals surface area contributed by atoms with Crippen LogP contribution in [0, 0.1) is 22.7 Å². The molecule has 0 amide bonds. The minimum absolute atomic E-state index is 0.0592. The summed E-state index contributed by atoms with van der Waals surface area (Å²) >= 11 is 0. The van der Waals surface area contributed by atoms with Gasteiger partial charge in [-0.2, -0.15) is 10.5 Å². The Hall–Kier alpha value is -3.38. The number of allylic oxidation sites excluding steroid dienone is 2. The summed E-state index contributed by atoms with van der Waals surface area (Å²) in [5, 5.41) is 18.4. The molecule has 0 aliphatic rings. The van der Waals surface area contributed by atoms with Crippen molar-refractivity contribution in [3.05, 3.63) is 46.5 Å². The van der Waals surface area contributed by atoms with E-state index in [9.17, 15) is 20.1 Å². The van der Waals surface area contributed by atoms with Crippen LogP contribution in [0.25, 0.3) is 11.1 Å². The molecule has 0 atom stereocenters. The average molecular weight is 352 g/mol. The molecule has 0 saturated heterocycles. The maximum atomic E-state index is 11.8. The van der Waals surface area contributed by atoms with Crippen LogP contribution in [0.3, 0.4) is 0 Å². The van der Waals surface area contributed by atoms with Gasteiger partial charge in [-0.25, -0.2) is 9.59 Å². The van der Waals surface area contributed by atoms with Gasteiger partial charge in [-0.05, 0) is 50.0 Å². The van der Waals surface area contributed by atoms with Gasteiger partial charge in [0.15, 0.2) is 0 Å². The highest BCUT2D eigenvalue weighted by atomic mass is 16.5. The van der Waals surface area contributed by atoms with Gasteiger partial charge in [0.25, 0.3) is 0 Å². The highest BCUT2D eigenvalue weighted by molar-refractivity contribution is 6.02. The fraction of sp³-hybridized carbons (Fsp3) is 0.300. The van der Waals surface area contributed by atoms with E-state index in [1.165, 1.54) is 0 Å². The number of hydrogen-bond acceptors (Lipinski definition) is 6. The van der Waals surface area contributed by atoms with Crippen LogP contribution < -0.4 is 0 Å². The molecule has 0 heterocycles. The Balaban J connectivity index is 3.27. The van der Waals surface area contributed by atoms with E-state index >= 15 is 0 Å². The van der Waals surface area contributed by atoms with Crippen molar-refractivity contribution < 1.29 is 19.1 Å². The number of nitriles is 2. The molecule has 0 unspecified atom stereocenters. The lowest BCUT2D eigenvalue weighted by atomic mass is 9.97. The summed E-state index contributed by atoms with van der Waals surface area (Å²) in [4.78, 5) is 23.7. The van der Waals surface area contributed by atoms with E-state index in [-0.39, 0.29) is 24.4 Å². The van der Waals surface area contributed by atoms with E-state index in [0.717, 1.165) is 0 Å². The molecular weight excluding hydrogens is 332 g/mol. The predicted molar refractivity (Wildman–Crippen MR) is 96.1 cm³/mol. The topological polar surface area (TPSA) is 100 Å². The van der Waals surface area contributed by atoms with Gasteiger partial charge in [0, 0.05) is 0 Å². The molecule has 0 radical (unpaired) electrons. The van der Waals surface area contributed by atoms with Crippen molar-refractivity contribution in [2.24, 2.45) is 0 Å². The van der Waals surface area contributed by atoms with Crippen molar-refractivity contribution in [1.29, 1.82) is 10.5 Å². The highest BCUT2D eigenvalue weighted by Gasteiger charge is 2.17. The largest absolute Gasteiger partial charge is 0.462 e. The van der Waals surface area contributed by atoms with Crippen LogP contribution in [-0.4, -0.2) is 25.2 Å². The second kappa shape index (κ2) is 9.80.